The van der Waals surface area contributed by atoms with E-state index in [-0.39, 0.29) is 5.41 Å². The van der Waals surface area contributed by atoms with Crippen LogP contribution in [0.25, 0.3) is 109 Å². The van der Waals surface area contributed by atoms with Crippen molar-refractivity contribution in [1.29, 1.82) is 0 Å². The van der Waals surface area contributed by atoms with Crippen molar-refractivity contribution in [1.82, 2.24) is 9.97 Å². The Morgan fingerprint density at radius 1 is 0.379 bits per heavy atom. The normalized spacial score (nSPS) is 13.1. The van der Waals surface area contributed by atoms with Crippen molar-refractivity contribution < 1.29 is 0 Å². The number of benzene rings is 9. The molecule has 2 heterocycles. The van der Waals surface area contributed by atoms with Crippen molar-refractivity contribution in [2.45, 2.75) is 19.3 Å². The van der Waals surface area contributed by atoms with E-state index in [1.54, 1.807) is 0 Å². The minimum atomic E-state index is -0.0409. The molecule has 0 aliphatic heterocycles. The van der Waals surface area contributed by atoms with Gasteiger partial charge in [0.25, 0.3) is 0 Å². The van der Waals surface area contributed by atoms with Crippen LogP contribution in [0.5, 0.6) is 0 Å². The first-order valence-electron chi connectivity index (χ1n) is 20.0. The summed E-state index contributed by atoms with van der Waals surface area (Å²) in [5.41, 5.74) is 16.6. The highest BCUT2D eigenvalue weighted by molar-refractivity contribution is 7.26. The lowest BCUT2D eigenvalue weighted by atomic mass is 9.81. The van der Waals surface area contributed by atoms with Gasteiger partial charge in [-0.05, 0) is 84.6 Å². The van der Waals surface area contributed by atoms with Gasteiger partial charge in [-0.2, -0.15) is 0 Å². The van der Waals surface area contributed by atoms with E-state index in [0.717, 1.165) is 38.6 Å². The van der Waals surface area contributed by atoms with E-state index >= 15 is 0 Å². The van der Waals surface area contributed by atoms with Gasteiger partial charge in [0.1, 0.15) is 0 Å². The molecule has 272 valence electrons. The van der Waals surface area contributed by atoms with Gasteiger partial charge in [0.05, 0.1) is 22.9 Å². The van der Waals surface area contributed by atoms with Crippen LogP contribution in [-0.2, 0) is 5.41 Å². The molecular formula is C55H36N2S. The van der Waals surface area contributed by atoms with Crippen LogP contribution in [-0.4, -0.2) is 9.97 Å². The molecule has 11 aromatic rings. The molecule has 0 N–H and O–H groups in total. The van der Waals surface area contributed by atoms with Crippen molar-refractivity contribution in [3.8, 4) is 55.8 Å². The summed E-state index contributed by atoms with van der Waals surface area (Å²) in [5, 5.41) is 7.27. The first-order chi connectivity index (χ1) is 28.5. The molecule has 2 aromatic heterocycles. The summed E-state index contributed by atoms with van der Waals surface area (Å²) in [5.74, 6) is 0. The number of aromatic nitrogens is 2. The first kappa shape index (κ1) is 33.2. The SMILES string of the molecule is CC1(C)c2ccccc2-c2ccc(-c3cccc4c3sc3c(-c5cccc(-c6cccc(-c7cnc8c9ccccc9c9ccccc9c8n7)c6)c5)cccc34)cc21. The fraction of sp³-hybridized carbons (Fsp3) is 0.0545. The predicted octanol–water partition coefficient (Wildman–Crippen LogP) is 15.3. The maximum atomic E-state index is 5.28. The van der Waals surface area contributed by atoms with Crippen LogP contribution in [0, 0.1) is 0 Å². The second-order valence-corrected chi connectivity index (χ2v) is 17.1. The minimum Gasteiger partial charge on any atom is -0.252 e. The van der Waals surface area contributed by atoms with Crippen LogP contribution in [0.4, 0.5) is 0 Å². The zero-order valence-electron chi connectivity index (χ0n) is 32.1. The molecule has 3 heteroatoms. The number of nitrogens with zero attached hydrogens (tertiary/aromatic N) is 2. The van der Waals surface area contributed by atoms with Crippen LogP contribution < -0.4 is 0 Å². The van der Waals surface area contributed by atoms with Crippen molar-refractivity contribution in [3.05, 3.63) is 193 Å². The topological polar surface area (TPSA) is 25.8 Å². The number of hydrogen-bond donors (Lipinski definition) is 0. The summed E-state index contributed by atoms with van der Waals surface area (Å²) in [6.07, 6.45) is 1.93. The van der Waals surface area contributed by atoms with Gasteiger partial charge in [-0.15, -0.1) is 11.3 Å². The molecule has 0 saturated heterocycles. The third-order valence-electron chi connectivity index (χ3n) is 12.5. The molecule has 0 fully saturated rings. The van der Waals surface area contributed by atoms with E-state index in [9.17, 15) is 0 Å². The summed E-state index contributed by atoms with van der Waals surface area (Å²) in [7, 11) is 0. The molecule has 0 spiro atoms. The van der Waals surface area contributed by atoms with E-state index in [1.165, 1.54) is 81.0 Å². The fourth-order valence-corrected chi connectivity index (χ4v) is 11.0. The van der Waals surface area contributed by atoms with E-state index < -0.39 is 0 Å². The second kappa shape index (κ2) is 12.5. The molecule has 1 aliphatic rings. The summed E-state index contributed by atoms with van der Waals surface area (Å²) < 4.78 is 2.65. The summed E-state index contributed by atoms with van der Waals surface area (Å²) in [6, 6.07) is 64.3. The lowest BCUT2D eigenvalue weighted by Gasteiger charge is -2.22. The Morgan fingerprint density at radius 3 is 1.59 bits per heavy atom. The molecule has 2 nitrogen and oxygen atoms in total. The van der Waals surface area contributed by atoms with Gasteiger partial charge in [0.15, 0.2) is 0 Å². The molecule has 58 heavy (non-hydrogen) atoms. The highest BCUT2D eigenvalue weighted by Crippen LogP contribution is 2.51. The Labute approximate surface area is 340 Å². The molecule has 0 atom stereocenters. The summed E-state index contributed by atoms with van der Waals surface area (Å²) in [6.45, 7) is 4.72. The monoisotopic (exact) mass is 756 g/mol. The van der Waals surface area contributed by atoms with Crippen molar-refractivity contribution >= 4 is 64.1 Å². The molecule has 9 aromatic carbocycles. The third kappa shape index (κ3) is 4.90. The third-order valence-corrected chi connectivity index (χ3v) is 13.8. The van der Waals surface area contributed by atoms with E-state index in [1.807, 2.05) is 17.5 Å². The summed E-state index contributed by atoms with van der Waals surface area (Å²) in [4.78, 5) is 10.3. The zero-order valence-corrected chi connectivity index (χ0v) is 32.9. The van der Waals surface area contributed by atoms with Crippen molar-refractivity contribution in [2.75, 3.05) is 0 Å². The molecule has 1 aliphatic carbocycles. The number of hydrogen-bond acceptors (Lipinski definition) is 3. The van der Waals surface area contributed by atoms with Gasteiger partial charge in [-0.25, -0.2) is 4.98 Å². The maximum absolute atomic E-state index is 5.28. The Hall–Kier alpha value is -6.94. The average molecular weight is 757 g/mol. The number of thiophene rings is 1. The Balaban J connectivity index is 0.939. The largest absolute Gasteiger partial charge is 0.252 e. The standard InChI is InChI=1S/C55H36N2S/c1-55(2)48-26-8-7-19-42(48)43-28-27-36(31-49(43)55)39-23-12-25-47-46-24-11-22-38(53(46)58-54(39)47)35-15-9-13-33(29-35)34-14-10-16-37(30-34)50-32-56-51-44-20-5-3-17-40(44)41-18-4-6-21-45(41)52(51)57-50/h3-32H,1-2H3. The minimum absolute atomic E-state index is 0.0409. The van der Waals surface area contributed by atoms with Crippen LogP contribution in [0.1, 0.15) is 25.0 Å². The van der Waals surface area contributed by atoms with Gasteiger partial charge in [0.2, 0.25) is 0 Å². The Bertz CT molecular complexity index is 3460. The van der Waals surface area contributed by atoms with Gasteiger partial charge in [0, 0.05) is 41.9 Å². The molecular weight excluding hydrogens is 721 g/mol. The van der Waals surface area contributed by atoms with Crippen molar-refractivity contribution in [3.63, 3.8) is 0 Å². The highest BCUT2D eigenvalue weighted by atomic mass is 32.1. The molecule has 0 amide bonds. The Morgan fingerprint density at radius 2 is 0.879 bits per heavy atom. The molecule has 0 radical (unpaired) electrons. The molecule has 0 unspecified atom stereocenters. The van der Waals surface area contributed by atoms with E-state index in [0.29, 0.717) is 0 Å². The van der Waals surface area contributed by atoms with Crippen LogP contribution in [0.15, 0.2) is 182 Å². The van der Waals surface area contributed by atoms with Crippen LogP contribution in [0.2, 0.25) is 0 Å². The lowest BCUT2D eigenvalue weighted by Crippen LogP contribution is -2.14. The first-order valence-corrected chi connectivity index (χ1v) is 20.8. The highest BCUT2D eigenvalue weighted by Gasteiger charge is 2.35. The van der Waals surface area contributed by atoms with Crippen LogP contribution in [0.3, 0.4) is 0 Å². The number of fused-ring (bicyclic) bond motifs is 12. The van der Waals surface area contributed by atoms with E-state index in [2.05, 4.69) is 190 Å². The zero-order chi connectivity index (χ0) is 38.5. The quantitative estimate of drug-likeness (QED) is 0.167. The molecule has 0 bridgehead atoms. The van der Waals surface area contributed by atoms with Gasteiger partial charge < -0.3 is 0 Å². The lowest BCUT2D eigenvalue weighted by molar-refractivity contribution is 0.660. The molecule has 0 saturated carbocycles. The van der Waals surface area contributed by atoms with E-state index in [4.69, 9.17) is 9.97 Å². The Kier molecular flexibility index (Phi) is 7.18. The smallest absolute Gasteiger partial charge is 0.0979 e. The van der Waals surface area contributed by atoms with Gasteiger partial charge >= 0.3 is 0 Å². The fourth-order valence-electron chi connectivity index (χ4n) is 9.63. The maximum Gasteiger partial charge on any atom is 0.0979 e. The molecule has 12 rings (SSSR count). The average Bonchev–Trinajstić information content (AvgIpc) is 3.78. The second-order valence-electron chi connectivity index (χ2n) is 16.1. The predicted molar refractivity (Wildman–Crippen MR) is 247 cm³/mol. The van der Waals surface area contributed by atoms with Crippen LogP contribution >= 0.6 is 11.3 Å². The van der Waals surface area contributed by atoms with Gasteiger partial charge in [-0.1, -0.05) is 172 Å². The summed E-state index contributed by atoms with van der Waals surface area (Å²) >= 11 is 1.91. The number of rotatable bonds is 4. The van der Waals surface area contributed by atoms with Crippen molar-refractivity contribution in [2.24, 2.45) is 0 Å². The van der Waals surface area contributed by atoms with Gasteiger partial charge in [-0.3, -0.25) is 4.98 Å².